The molecule has 3 nitrogen and oxygen atoms in total. The predicted octanol–water partition coefficient (Wildman–Crippen LogP) is 5.92. The van der Waals surface area contributed by atoms with Gasteiger partial charge in [-0.05, 0) is 49.4 Å². The normalized spacial score (nSPS) is 14.0. The summed E-state index contributed by atoms with van der Waals surface area (Å²) >= 11 is 5.26. The molecule has 0 fully saturated rings. The molecule has 1 unspecified atom stereocenters. The van der Waals surface area contributed by atoms with E-state index in [4.69, 9.17) is 20.7 Å². The van der Waals surface area contributed by atoms with Gasteiger partial charge in [0.05, 0.1) is 0 Å². The first-order valence-electron chi connectivity index (χ1n) is 7.66. The van der Waals surface area contributed by atoms with Crippen molar-refractivity contribution in [3.8, 4) is 5.75 Å². The molecule has 0 saturated heterocycles. The van der Waals surface area contributed by atoms with Crippen molar-refractivity contribution in [2.24, 2.45) is 0 Å². The Bertz CT molecular complexity index is 497. The largest absolute Gasteiger partial charge is 0.474 e. The van der Waals surface area contributed by atoms with Crippen LogP contribution in [0.25, 0.3) is 0 Å². The molecular weight excluding hydrogens is 307 g/mol. The van der Waals surface area contributed by atoms with Crippen LogP contribution in [0.15, 0.2) is 12.1 Å². The second-order valence-corrected chi connectivity index (χ2v) is 7.90. The molecule has 0 bridgehead atoms. The summed E-state index contributed by atoms with van der Waals surface area (Å²) in [5, 5.41) is 0. The molecule has 0 spiro atoms. The molecule has 0 amide bonds. The average molecular weight is 333 g/mol. The van der Waals surface area contributed by atoms with Gasteiger partial charge in [0.25, 0.3) is 0 Å². The minimum absolute atomic E-state index is 0.389. The summed E-state index contributed by atoms with van der Waals surface area (Å²) in [5.41, 5.74) is 3.28. The Morgan fingerprint density at radius 1 is 1.10 bits per heavy atom. The molecular formula is C16H26ClO3P. The number of unbranched alkanes of at least 4 members (excludes halogenated alkanes) is 5. The van der Waals surface area contributed by atoms with Crippen LogP contribution in [0.3, 0.4) is 0 Å². The molecule has 1 rings (SSSR count). The zero-order valence-corrected chi connectivity index (χ0v) is 14.8. The van der Waals surface area contributed by atoms with E-state index >= 15 is 0 Å². The lowest BCUT2D eigenvalue weighted by Gasteiger charge is -2.14. The quantitative estimate of drug-likeness (QED) is 0.450. The van der Waals surface area contributed by atoms with E-state index in [0.29, 0.717) is 5.75 Å². The molecule has 21 heavy (non-hydrogen) atoms. The van der Waals surface area contributed by atoms with Gasteiger partial charge in [-0.3, -0.25) is 0 Å². The molecule has 5 heteroatoms. The van der Waals surface area contributed by atoms with Crippen LogP contribution < -0.4 is 4.52 Å². The van der Waals surface area contributed by atoms with E-state index < -0.39 is 6.95 Å². The Morgan fingerprint density at radius 2 is 1.71 bits per heavy atom. The summed E-state index contributed by atoms with van der Waals surface area (Å²) in [7, 11) is 0. The smallest absolute Gasteiger partial charge is 0.413 e. The predicted molar refractivity (Wildman–Crippen MR) is 89.3 cm³/mol. The summed E-state index contributed by atoms with van der Waals surface area (Å²) in [6, 6.07) is 3.70. The van der Waals surface area contributed by atoms with Crippen molar-refractivity contribution in [2.45, 2.75) is 65.7 Å². The maximum atomic E-state index is 11.1. The fourth-order valence-corrected chi connectivity index (χ4v) is 3.10. The zero-order chi connectivity index (χ0) is 15.9. The number of hydrogen-bond donors (Lipinski definition) is 1. The Kier molecular flexibility index (Phi) is 7.79. The molecule has 0 heterocycles. The average Bonchev–Trinajstić information content (AvgIpc) is 2.40. The number of aryl methyl sites for hydroxylation is 1. The first kappa shape index (κ1) is 18.5. The highest BCUT2D eigenvalue weighted by molar-refractivity contribution is 7.80. The SMILES string of the molecule is CCCCCCCCc1ccc(OP(=O)(O)Cl)c(C)c1C. The fourth-order valence-electron chi connectivity index (χ4n) is 2.44. The topological polar surface area (TPSA) is 46.5 Å². The Balaban J connectivity index is 2.57. The first-order valence-corrected chi connectivity index (χ1v) is 10.1. The maximum absolute atomic E-state index is 11.1. The van der Waals surface area contributed by atoms with Crippen molar-refractivity contribution in [2.75, 3.05) is 0 Å². The van der Waals surface area contributed by atoms with Gasteiger partial charge in [0.1, 0.15) is 5.75 Å². The highest BCUT2D eigenvalue weighted by atomic mass is 35.7. The first-order chi connectivity index (χ1) is 9.85. The molecule has 0 aliphatic rings. The van der Waals surface area contributed by atoms with Crippen molar-refractivity contribution in [1.29, 1.82) is 0 Å². The van der Waals surface area contributed by atoms with Crippen LogP contribution in [0.2, 0.25) is 0 Å². The summed E-state index contributed by atoms with van der Waals surface area (Å²) in [6.45, 7) is 2.12. The molecule has 0 radical (unpaired) electrons. The highest BCUT2D eigenvalue weighted by Gasteiger charge is 2.18. The van der Waals surface area contributed by atoms with Crippen molar-refractivity contribution in [3.05, 3.63) is 28.8 Å². The minimum atomic E-state index is -4.01. The van der Waals surface area contributed by atoms with Crippen LogP contribution in [-0.4, -0.2) is 4.89 Å². The van der Waals surface area contributed by atoms with Crippen LogP contribution in [0, 0.1) is 13.8 Å². The van der Waals surface area contributed by atoms with Gasteiger partial charge in [-0.15, -0.1) is 0 Å². The van der Waals surface area contributed by atoms with Crippen LogP contribution in [-0.2, 0) is 11.0 Å². The Hall–Kier alpha value is -0.500. The molecule has 0 aromatic heterocycles. The van der Waals surface area contributed by atoms with Crippen LogP contribution >= 0.6 is 18.2 Å². The lowest BCUT2D eigenvalue weighted by Crippen LogP contribution is -1.97. The number of benzene rings is 1. The number of halogens is 1. The van der Waals surface area contributed by atoms with Crippen molar-refractivity contribution in [3.63, 3.8) is 0 Å². The lowest BCUT2D eigenvalue weighted by molar-refractivity contribution is 0.399. The molecule has 1 N–H and O–H groups in total. The van der Waals surface area contributed by atoms with E-state index in [1.807, 2.05) is 19.9 Å². The molecule has 120 valence electrons. The maximum Gasteiger partial charge on any atom is 0.474 e. The van der Waals surface area contributed by atoms with Crippen LogP contribution in [0.1, 0.15) is 62.1 Å². The highest BCUT2D eigenvalue weighted by Crippen LogP contribution is 2.48. The summed E-state index contributed by atoms with van der Waals surface area (Å²) in [4.78, 5) is 9.10. The van der Waals surface area contributed by atoms with Crippen molar-refractivity contribution < 1.29 is 14.0 Å². The minimum Gasteiger partial charge on any atom is -0.413 e. The monoisotopic (exact) mass is 332 g/mol. The third-order valence-electron chi connectivity index (χ3n) is 3.86. The Morgan fingerprint density at radius 3 is 2.33 bits per heavy atom. The van der Waals surface area contributed by atoms with E-state index in [2.05, 4.69) is 6.92 Å². The van der Waals surface area contributed by atoms with Gasteiger partial charge in [-0.2, -0.15) is 0 Å². The zero-order valence-electron chi connectivity index (χ0n) is 13.2. The van der Waals surface area contributed by atoms with Gasteiger partial charge in [0, 0.05) is 11.2 Å². The number of rotatable bonds is 9. The van der Waals surface area contributed by atoms with Crippen LogP contribution in [0.5, 0.6) is 5.75 Å². The van der Waals surface area contributed by atoms with Crippen molar-refractivity contribution in [1.82, 2.24) is 0 Å². The van der Waals surface area contributed by atoms with E-state index in [-0.39, 0.29) is 0 Å². The van der Waals surface area contributed by atoms with E-state index in [1.165, 1.54) is 44.1 Å². The van der Waals surface area contributed by atoms with Crippen molar-refractivity contribution >= 4 is 18.2 Å². The second-order valence-electron chi connectivity index (χ2n) is 5.53. The third kappa shape index (κ3) is 6.86. The van der Waals surface area contributed by atoms with Gasteiger partial charge >= 0.3 is 6.95 Å². The molecule has 0 saturated carbocycles. The number of hydrogen-bond acceptors (Lipinski definition) is 2. The third-order valence-corrected chi connectivity index (χ3v) is 4.49. The van der Waals surface area contributed by atoms with Crippen LogP contribution in [0.4, 0.5) is 0 Å². The van der Waals surface area contributed by atoms with E-state index in [0.717, 1.165) is 17.5 Å². The van der Waals surface area contributed by atoms with Gasteiger partial charge in [-0.1, -0.05) is 45.1 Å². The summed E-state index contributed by atoms with van der Waals surface area (Å²) in [6.07, 6.45) is 8.69. The molecule has 0 aliphatic carbocycles. The summed E-state index contributed by atoms with van der Waals surface area (Å²) < 4.78 is 16.0. The molecule has 1 aromatic rings. The van der Waals surface area contributed by atoms with E-state index in [9.17, 15) is 4.57 Å². The molecule has 1 atom stereocenters. The second kappa shape index (κ2) is 8.82. The molecule has 0 aliphatic heterocycles. The lowest BCUT2D eigenvalue weighted by atomic mass is 9.97. The fraction of sp³-hybridized carbons (Fsp3) is 0.625. The van der Waals surface area contributed by atoms with Gasteiger partial charge in [-0.25, -0.2) is 4.57 Å². The Labute approximate surface area is 133 Å². The standard InChI is InChI=1S/C16H26ClO3P/c1-4-5-6-7-8-9-10-15-11-12-16(14(3)13(15)2)20-21(17,18)19/h11-12H,4-10H2,1-3H3,(H,18,19). The van der Waals surface area contributed by atoms with Gasteiger partial charge in [0.2, 0.25) is 0 Å². The van der Waals surface area contributed by atoms with Gasteiger partial charge in [0.15, 0.2) is 0 Å². The molecule has 1 aromatic carbocycles. The van der Waals surface area contributed by atoms with Gasteiger partial charge < -0.3 is 9.42 Å². The summed E-state index contributed by atoms with van der Waals surface area (Å²) in [5.74, 6) is 0.389. The van der Waals surface area contributed by atoms with E-state index in [1.54, 1.807) is 6.07 Å².